The lowest BCUT2D eigenvalue weighted by molar-refractivity contribution is -0.0278. The van der Waals surface area contributed by atoms with E-state index < -0.39 is 11.5 Å². The average Bonchev–Trinajstić information content (AvgIpc) is 2.73. The number of carboxylic acids is 1. The second-order valence-electron chi connectivity index (χ2n) is 9.03. The number of nitrogens with zero attached hydrogens (tertiary/aromatic N) is 3. The summed E-state index contributed by atoms with van der Waals surface area (Å²) in [5.41, 5.74) is 0.537. The van der Waals surface area contributed by atoms with E-state index in [0.29, 0.717) is 23.6 Å². The van der Waals surface area contributed by atoms with Gasteiger partial charge in [0.2, 0.25) is 5.69 Å². The van der Waals surface area contributed by atoms with Crippen molar-refractivity contribution in [3.8, 4) is 0 Å². The van der Waals surface area contributed by atoms with Crippen molar-refractivity contribution in [1.82, 2.24) is 14.5 Å². The van der Waals surface area contributed by atoms with Gasteiger partial charge >= 0.3 is 5.97 Å². The summed E-state index contributed by atoms with van der Waals surface area (Å²) < 4.78 is 1.76. The topological polar surface area (TPSA) is 75.4 Å². The minimum absolute atomic E-state index is 0.0450. The predicted octanol–water partition coefficient (Wildman–Crippen LogP) is 3.99. The summed E-state index contributed by atoms with van der Waals surface area (Å²) in [5.74, 6) is -1.24. The number of para-hydroxylation sites is 2. The van der Waals surface area contributed by atoms with Crippen molar-refractivity contribution in [2.75, 3.05) is 0 Å². The SMILES string of the molecule is O=C(O)c1nc2ccccc2n([C@H]2C[C@H]3CCC[C@@H](C2)N3C2CCCCC2)c1=O. The minimum atomic E-state index is -1.24. The first kappa shape index (κ1) is 18.8. The molecule has 3 fully saturated rings. The molecule has 2 aliphatic heterocycles. The van der Waals surface area contributed by atoms with Crippen molar-refractivity contribution < 1.29 is 9.90 Å². The van der Waals surface area contributed by atoms with E-state index in [1.807, 2.05) is 18.2 Å². The first-order chi connectivity index (χ1) is 14.1. The number of hydrogen-bond donors (Lipinski definition) is 1. The molecule has 6 nitrogen and oxygen atoms in total. The lowest BCUT2D eigenvalue weighted by Gasteiger charge is -2.53. The van der Waals surface area contributed by atoms with Gasteiger partial charge in [-0.1, -0.05) is 37.8 Å². The van der Waals surface area contributed by atoms with Crippen LogP contribution in [0, 0.1) is 0 Å². The van der Waals surface area contributed by atoms with E-state index in [-0.39, 0.29) is 11.7 Å². The van der Waals surface area contributed by atoms with Crippen LogP contribution in [0.2, 0.25) is 0 Å². The van der Waals surface area contributed by atoms with Gasteiger partial charge in [-0.15, -0.1) is 0 Å². The van der Waals surface area contributed by atoms with Gasteiger partial charge in [-0.05, 0) is 50.7 Å². The highest BCUT2D eigenvalue weighted by Crippen LogP contribution is 2.43. The highest BCUT2D eigenvalue weighted by Gasteiger charge is 2.42. The van der Waals surface area contributed by atoms with E-state index >= 15 is 0 Å². The Labute approximate surface area is 170 Å². The first-order valence-corrected chi connectivity index (χ1v) is 11.2. The largest absolute Gasteiger partial charge is 0.476 e. The molecule has 0 unspecified atom stereocenters. The zero-order chi connectivity index (χ0) is 20.0. The van der Waals surface area contributed by atoms with E-state index in [2.05, 4.69) is 9.88 Å². The smallest absolute Gasteiger partial charge is 0.360 e. The van der Waals surface area contributed by atoms with Gasteiger partial charge in [-0.2, -0.15) is 0 Å². The summed E-state index contributed by atoms with van der Waals surface area (Å²) in [6.07, 6.45) is 12.1. The number of rotatable bonds is 3. The van der Waals surface area contributed by atoms with Gasteiger partial charge in [-0.25, -0.2) is 9.78 Å². The molecule has 0 radical (unpaired) electrons. The van der Waals surface area contributed by atoms with Crippen LogP contribution in [0.1, 0.15) is 80.7 Å². The maximum atomic E-state index is 13.1. The van der Waals surface area contributed by atoms with Gasteiger partial charge in [-0.3, -0.25) is 9.69 Å². The Kier molecular flexibility index (Phi) is 4.90. The van der Waals surface area contributed by atoms with Crippen LogP contribution in [-0.2, 0) is 0 Å². The fourth-order valence-corrected chi connectivity index (χ4v) is 6.23. The van der Waals surface area contributed by atoms with Crippen LogP contribution in [0.15, 0.2) is 29.1 Å². The number of piperidine rings is 2. The summed E-state index contributed by atoms with van der Waals surface area (Å²) >= 11 is 0. The van der Waals surface area contributed by atoms with Crippen molar-refractivity contribution in [2.45, 2.75) is 88.4 Å². The number of fused-ring (bicyclic) bond motifs is 3. The van der Waals surface area contributed by atoms with Crippen LogP contribution < -0.4 is 5.56 Å². The second-order valence-corrected chi connectivity index (χ2v) is 9.03. The third kappa shape index (κ3) is 3.27. The van der Waals surface area contributed by atoms with Crippen molar-refractivity contribution in [3.63, 3.8) is 0 Å². The fourth-order valence-electron chi connectivity index (χ4n) is 6.23. The Morgan fingerprint density at radius 3 is 2.24 bits per heavy atom. The Morgan fingerprint density at radius 2 is 1.55 bits per heavy atom. The molecule has 3 aliphatic rings. The molecule has 0 amide bonds. The molecular formula is C23H29N3O3. The number of carboxylic acid groups (broad SMARTS) is 1. The van der Waals surface area contributed by atoms with Gasteiger partial charge in [0, 0.05) is 24.2 Å². The standard InChI is InChI=1S/C23H29N3O3/c27-22-21(23(28)29)24-19-11-4-5-12-20(19)26(22)18-13-16-9-6-10-17(14-18)25(16)15-7-2-1-3-8-15/h4-5,11-12,15-18H,1-3,6-10,13-14H2,(H,28,29)/t16-,17+,18+. The van der Waals surface area contributed by atoms with Gasteiger partial charge < -0.3 is 9.67 Å². The van der Waals surface area contributed by atoms with Crippen LogP contribution in [0.5, 0.6) is 0 Å². The molecule has 1 N–H and O–H groups in total. The Bertz CT molecular complexity index is 965. The third-order valence-electron chi connectivity index (χ3n) is 7.37. The number of carbonyl (C=O) groups is 1. The van der Waals surface area contributed by atoms with Gasteiger partial charge in [0.1, 0.15) is 0 Å². The van der Waals surface area contributed by atoms with Crippen molar-refractivity contribution in [3.05, 3.63) is 40.3 Å². The molecule has 154 valence electrons. The molecule has 5 rings (SSSR count). The average molecular weight is 396 g/mol. The van der Waals surface area contributed by atoms with E-state index in [1.54, 1.807) is 10.6 Å². The first-order valence-electron chi connectivity index (χ1n) is 11.2. The lowest BCUT2D eigenvalue weighted by atomic mass is 9.78. The van der Waals surface area contributed by atoms with Gasteiger partial charge in [0.05, 0.1) is 11.0 Å². The lowest BCUT2D eigenvalue weighted by Crippen LogP contribution is -2.57. The van der Waals surface area contributed by atoms with Gasteiger partial charge in [0.25, 0.3) is 5.56 Å². The molecular weight excluding hydrogens is 366 g/mol. The monoisotopic (exact) mass is 395 g/mol. The molecule has 3 heterocycles. The number of benzene rings is 1. The highest BCUT2D eigenvalue weighted by atomic mass is 16.4. The molecule has 2 aromatic rings. The van der Waals surface area contributed by atoms with E-state index in [4.69, 9.17) is 0 Å². The number of aromatic carboxylic acids is 1. The Hall–Kier alpha value is -2.21. The molecule has 2 bridgehead atoms. The zero-order valence-corrected chi connectivity index (χ0v) is 16.8. The molecule has 29 heavy (non-hydrogen) atoms. The molecule has 0 spiro atoms. The predicted molar refractivity (Wildman–Crippen MR) is 111 cm³/mol. The van der Waals surface area contributed by atoms with Crippen LogP contribution >= 0.6 is 0 Å². The molecule has 1 aliphatic carbocycles. The third-order valence-corrected chi connectivity index (χ3v) is 7.37. The van der Waals surface area contributed by atoms with Crippen LogP contribution in [0.3, 0.4) is 0 Å². The number of aromatic nitrogens is 2. The summed E-state index contributed by atoms with van der Waals surface area (Å²) in [6, 6.07) is 9.19. The van der Waals surface area contributed by atoms with Crippen LogP contribution in [0.4, 0.5) is 0 Å². The van der Waals surface area contributed by atoms with Crippen molar-refractivity contribution >= 4 is 17.0 Å². The summed E-state index contributed by atoms with van der Waals surface area (Å²) in [5, 5.41) is 9.54. The summed E-state index contributed by atoms with van der Waals surface area (Å²) in [7, 11) is 0. The molecule has 2 saturated heterocycles. The Morgan fingerprint density at radius 1 is 0.897 bits per heavy atom. The fraction of sp³-hybridized carbons (Fsp3) is 0.609. The van der Waals surface area contributed by atoms with Gasteiger partial charge in [0.15, 0.2) is 0 Å². The molecule has 1 aromatic carbocycles. The second kappa shape index (κ2) is 7.56. The van der Waals surface area contributed by atoms with Crippen molar-refractivity contribution in [2.24, 2.45) is 0 Å². The van der Waals surface area contributed by atoms with E-state index in [9.17, 15) is 14.7 Å². The maximum absolute atomic E-state index is 13.1. The maximum Gasteiger partial charge on any atom is 0.360 e. The van der Waals surface area contributed by atoms with Crippen LogP contribution in [-0.4, -0.2) is 43.7 Å². The van der Waals surface area contributed by atoms with Crippen LogP contribution in [0.25, 0.3) is 11.0 Å². The summed E-state index contributed by atoms with van der Waals surface area (Å²) in [6.45, 7) is 0. The molecule has 3 atom stereocenters. The normalized spacial score (nSPS) is 28.5. The molecule has 1 saturated carbocycles. The highest BCUT2D eigenvalue weighted by molar-refractivity contribution is 5.88. The quantitative estimate of drug-likeness (QED) is 0.851. The van der Waals surface area contributed by atoms with Crippen molar-refractivity contribution in [1.29, 1.82) is 0 Å². The summed E-state index contributed by atoms with van der Waals surface area (Å²) in [4.78, 5) is 31.7. The zero-order valence-electron chi connectivity index (χ0n) is 16.8. The van der Waals surface area contributed by atoms with E-state index in [0.717, 1.165) is 18.4 Å². The molecule has 1 aromatic heterocycles. The Balaban J connectivity index is 1.54. The minimum Gasteiger partial charge on any atom is -0.476 e. The van der Waals surface area contributed by atoms with E-state index in [1.165, 1.54) is 51.4 Å². The number of hydrogen-bond acceptors (Lipinski definition) is 4. The molecule has 6 heteroatoms.